The second-order valence-electron chi connectivity index (χ2n) is 7.46. The molecule has 0 bridgehead atoms. The topological polar surface area (TPSA) is 40.6 Å². The number of nitrogens with zero attached hydrogens (tertiary/aromatic N) is 1. The number of pyridine rings is 1. The van der Waals surface area contributed by atoms with Crippen LogP contribution in [0.25, 0.3) is 11.1 Å². The molecule has 3 aromatic rings. The summed E-state index contributed by atoms with van der Waals surface area (Å²) in [4.78, 5) is 4.41. The van der Waals surface area contributed by atoms with Crippen molar-refractivity contribution in [1.29, 1.82) is 0 Å². The Balaban J connectivity index is 1.45. The molecule has 142 valence electrons. The Morgan fingerprint density at radius 1 is 0.929 bits per heavy atom. The van der Waals surface area contributed by atoms with Crippen molar-refractivity contribution in [2.75, 3.05) is 13.2 Å². The summed E-state index contributed by atoms with van der Waals surface area (Å²) in [7, 11) is 0. The molecule has 2 fully saturated rings. The zero-order valence-electron chi connectivity index (χ0n) is 15.7. The molecule has 2 aliphatic rings. The Bertz CT molecular complexity index is 949. The molecule has 0 spiro atoms. The van der Waals surface area contributed by atoms with Crippen LogP contribution in [-0.4, -0.2) is 24.3 Å². The summed E-state index contributed by atoms with van der Waals surface area (Å²) in [5.41, 5.74) is 4.30. The first-order valence-corrected chi connectivity index (χ1v) is 9.80. The van der Waals surface area contributed by atoms with E-state index >= 15 is 0 Å². The van der Waals surface area contributed by atoms with Crippen LogP contribution in [0.1, 0.15) is 24.0 Å². The molecule has 1 saturated carbocycles. The number of aromatic nitrogens is 1. The Hall–Kier alpha value is -2.69. The van der Waals surface area contributed by atoms with Gasteiger partial charge in [-0.15, -0.1) is 0 Å². The van der Waals surface area contributed by atoms with E-state index in [1.54, 1.807) is 0 Å². The van der Waals surface area contributed by atoms with E-state index in [0.29, 0.717) is 19.8 Å². The highest BCUT2D eigenvalue weighted by Gasteiger charge is 2.47. The number of ether oxygens (including phenoxy) is 3. The van der Waals surface area contributed by atoms with Crippen LogP contribution in [0.2, 0.25) is 0 Å². The average Bonchev–Trinajstić information content (AvgIpc) is 3.51. The summed E-state index contributed by atoms with van der Waals surface area (Å²) in [6.07, 6.45) is 5.96. The van der Waals surface area contributed by atoms with E-state index in [2.05, 4.69) is 29.2 Å². The van der Waals surface area contributed by atoms with E-state index < -0.39 is 0 Å². The maximum atomic E-state index is 6.43. The highest BCUT2D eigenvalue weighted by molar-refractivity contribution is 5.74. The smallest absolute Gasteiger partial charge is 0.145 e. The molecule has 1 aromatic heterocycles. The van der Waals surface area contributed by atoms with Crippen LogP contribution >= 0.6 is 0 Å². The standard InChI is InChI=1S/C24H23NO3/c1-2-6-18(7-3-1)15-27-24(11-12-24)22-14-25-13-10-20(22)21-8-4-5-9-23(21)28-19-16-26-17-19/h1-10,13-14,19H,11-12,15-17H2. The molecule has 1 aliphatic heterocycles. The highest BCUT2D eigenvalue weighted by Crippen LogP contribution is 2.53. The van der Waals surface area contributed by atoms with Crippen molar-refractivity contribution < 1.29 is 14.2 Å². The molecule has 4 heteroatoms. The maximum absolute atomic E-state index is 6.43. The molecule has 2 aromatic carbocycles. The third-order valence-corrected chi connectivity index (χ3v) is 5.45. The lowest BCUT2D eigenvalue weighted by Gasteiger charge is -2.28. The van der Waals surface area contributed by atoms with Crippen LogP contribution in [0.5, 0.6) is 5.75 Å². The third kappa shape index (κ3) is 3.41. The van der Waals surface area contributed by atoms with E-state index in [1.165, 1.54) is 5.56 Å². The molecule has 5 rings (SSSR count). The van der Waals surface area contributed by atoms with Crippen LogP contribution in [-0.2, 0) is 21.7 Å². The molecule has 2 heterocycles. The average molecular weight is 373 g/mol. The fourth-order valence-corrected chi connectivity index (χ4v) is 3.65. The van der Waals surface area contributed by atoms with Crippen LogP contribution in [0.15, 0.2) is 73.1 Å². The number of para-hydroxylation sites is 1. The Morgan fingerprint density at radius 3 is 2.46 bits per heavy atom. The van der Waals surface area contributed by atoms with Crippen molar-refractivity contribution in [2.24, 2.45) is 0 Å². The normalized spacial score (nSPS) is 17.7. The minimum atomic E-state index is -0.258. The molecule has 0 amide bonds. The molecule has 0 radical (unpaired) electrons. The van der Waals surface area contributed by atoms with Gasteiger partial charge >= 0.3 is 0 Å². The van der Waals surface area contributed by atoms with Crippen molar-refractivity contribution in [2.45, 2.75) is 31.2 Å². The van der Waals surface area contributed by atoms with E-state index in [9.17, 15) is 0 Å². The number of hydrogen-bond acceptors (Lipinski definition) is 4. The molecule has 0 unspecified atom stereocenters. The highest BCUT2D eigenvalue weighted by atomic mass is 16.6. The van der Waals surface area contributed by atoms with Crippen molar-refractivity contribution in [3.8, 4) is 16.9 Å². The van der Waals surface area contributed by atoms with Gasteiger partial charge < -0.3 is 14.2 Å². The van der Waals surface area contributed by atoms with Crippen LogP contribution < -0.4 is 4.74 Å². The summed E-state index contributed by atoms with van der Waals surface area (Å²) in [5, 5.41) is 0. The molecule has 28 heavy (non-hydrogen) atoms. The van der Waals surface area contributed by atoms with Gasteiger partial charge in [0.15, 0.2) is 0 Å². The van der Waals surface area contributed by atoms with Gasteiger partial charge in [-0.25, -0.2) is 0 Å². The number of hydrogen-bond donors (Lipinski definition) is 0. The Kier molecular flexibility index (Phi) is 4.59. The largest absolute Gasteiger partial charge is 0.485 e. The molecular weight excluding hydrogens is 350 g/mol. The fourth-order valence-electron chi connectivity index (χ4n) is 3.65. The minimum Gasteiger partial charge on any atom is -0.485 e. The van der Waals surface area contributed by atoms with Crippen LogP contribution in [0.3, 0.4) is 0 Å². The van der Waals surface area contributed by atoms with Gasteiger partial charge in [0.25, 0.3) is 0 Å². The molecule has 1 aliphatic carbocycles. The molecule has 4 nitrogen and oxygen atoms in total. The van der Waals surface area contributed by atoms with Crippen molar-refractivity contribution in [3.05, 3.63) is 84.2 Å². The van der Waals surface area contributed by atoms with Crippen molar-refractivity contribution in [1.82, 2.24) is 4.98 Å². The summed E-state index contributed by atoms with van der Waals surface area (Å²) in [6.45, 7) is 1.91. The van der Waals surface area contributed by atoms with E-state index in [-0.39, 0.29) is 11.7 Å². The summed E-state index contributed by atoms with van der Waals surface area (Å²) >= 11 is 0. The zero-order valence-corrected chi connectivity index (χ0v) is 15.7. The van der Waals surface area contributed by atoms with Gasteiger partial charge in [0.2, 0.25) is 0 Å². The molecular formula is C24H23NO3. The minimum absolute atomic E-state index is 0.135. The second-order valence-corrected chi connectivity index (χ2v) is 7.46. The van der Waals surface area contributed by atoms with Crippen molar-refractivity contribution in [3.63, 3.8) is 0 Å². The molecule has 0 N–H and O–H groups in total. The van der Waals surface area contributed by atoms with Gasteiger partial charge in [-0.3, -0.25) is 4.98 Å². The molecule has 0 atom stereocenters. The Labute approximate surface area is 165 Å². The van der Waals surface area contributed by atoms with Gasteiger partial charge in [0, 0.05) is 23.5 Å². The van der Waals surface area contributed by atoms with E-state index in [4.69, 9.17) is 14.2 Å². The first kappa shape index (κ1) is 17.4. The summed E-state index contributed by atoms with van der Waals surface area (Å²) in [6, 6.07) is 20.6. The fraction of sp³-hybridized carbons (Fsp3) is 0.292. The number of benzene rings is 2. The van der Waals surface area contributed by atoms with Gasteiger partial charge in [0.05, 0.1) is 25.4 Å². The van der Waals surface area contributed by atoms with E-state index in [1.807, 2.05) is 48.8 Å². The quantitative estimate of drug-likeness (QED) is 0.600. The molecule has 1 saturated heterocycles. The lowest BCUT2D eigenvalue weighted by atomic mass is 9.96. The predicted octanol–water partition coefficient (Wildman–Crippen LogP) is 4.73. The monoisotopic (exact) mass is 373 g/mol. The first-order chi connectivity index (χ1) is 13.8. The summed E-state index contributed by atoms with van der Waals surface area (Å²) < 4.78 is 17.9. The van der Waals surface area contributed by atoms with Gasteiger partial charge in [-0.1, -0.05) is 48.5 Å². The van der Waals surface area contributed by atoms with E-state index in [0.717, 1.165) is 35.3 Å². The van der Waals surface area contributed by atoms with Crippen LogP contribution in [0, 0.1) is 0 Å². The maximum Gasteiger partial charge on any atom is 0.145 e. The van der Waals surface area contributed by atoms with Gasteiger partial charge in [-0.2, -0.15) is 0 Å². The number of rotatable bonds is 7. The zero-order chi connectivity index (χ0) is 18.8. The van der Waals surface area contributed by atoms with Crippen molar-refractivity contribution >= 4 is 0 Å². The SMILES string of the molecule is c1ccc(COC2(c3cnccc3-c3ccccc3OC3COC3)CC2)cc1. The van der Waals surface area contributed by atoms with Crippen LogP contribution in [0.4, 0.5) is 0 Å². The predicted molar refractivity (Wildman–Crippen MR) is 107 cm³/mol. The second kappa shape index (κ2) is 7.38. The third-order valence-electron chi connectivity index (χ3n) is 5.45. The lowest BCUT2D eigenvalue weighted by molar-refractivity contribution is -0.0794. The first-order valence-electron chi connectivity index (χ1n) is 9.80. The van der Waals surface area contributed by atoms with Gasteiger partial charge in [0.1, 0.15) is 11.9 Å². The summed E-state index contributed by atoms with van der Waals surface area (Å²) in [5.74, 6) is 0.891. The lowest BCUT2D eigenvalue weighted by Crippen LogP contribution is -2.38. The van der Waals surface area contributed by atoms with Gasteiger partial charge in [-0.05, 0) is 36.1 Å². The Morgan fingerprint density at radius 2 is 1.71 bits per heavy atom.